The number of rotatable bonds is 2. The van der Waals surface area contributed by atoms with Gasteiger partial charge in [0.25, 0.3) is 0 Å². The number of aromatic nitrogens is 1. The van der Waals surface area contributed by atoms with Crippen LogP contribution in [0.2, 0.25) is 0 Å². The molecule has 0 amide bonds. The first-order chi connectivity index (χ1) is 6.27. The van der Waals surface area contributed by atoms with Gasteiger partial charge in [0, 0.05) is 6.92 Å². The standard InChI is InChI=1S/C9H9NO3/c1-6-10-7(5-13-6)9(11)8-3-2-4-12-8/h2-5,9,11H,1H3. The van der Waals surface area contributed by atoms with Gasteiger partial charge in [-0.3, -0.25) is 0 Å². The fourth-order valence-electron chi connectivity index (χ4n) is 1.10. The Morgan fingerprint density at radius 3 is 2.85 bits per heavy atom. The van der Waals surface area contributed by atoms with E-state index in [9.17, 15) is 5.11 Å². The van der Waals surface area contributed by atoms with Gasteiger partial charge in [-0.2, -0.15) is 0 Å². The molecule has 0 saturated carbocycles. The number of aliphatic hydroxyl groups is 1. The maximum Gasteiger partial charge on any atom is 0.191 e. The number of hydrogen-bond donors (Lipinski definition) is 1. The van der Waals surface area contributed by atoms with Gasteiger partial charge in [-0.1, -0.05) is 0 Å². The second-order valence-electron chi connectivity index (χ2n) is 2.71. The molecular weight excluding hydrogens is 170 g/mol. The molecule has 2 aromatic rings. The molecule has 1 N–H and O–H groups in total. The molecule has 0 spiro atoms. The van der Waals surface area contributed by atoms with Crippen molar-refractivity contribution in [3.8, 4) is 0 Å². The van der Waals surface area contributed by atoms with E-state index < -0.39 is 6.10 Å². The molecule has 2 aromatic heterocycles. The van der Waals surface area contributed by atoms with E-state index in [0.717, 1.165) is 0 Å². The van der Waals surface area contributed by atoms with E-state index in [1.54, 1.807) is 19.1 Å². The van der Waals surface area contributed by atoms with Crippen LogP contribution in [0.5, 0.6) is 0 Å². The lowest BCUT2D eigenvalue weighted by Gasteiger charge is -2.01. The minimum atomic E-state index is -0.840. The summed E-state index contributed by atoms with van der Waals surface area (Å²) in [4.78, 5) is 3.99. The zero-order chi connectivity index (χ0) is 9.26. The Morgan fingerprint density at radius 2 is 2.31 bits per heavy atom. The first kappa shape index (κ1) is 8.07. The fraction of sp³-hybridized carbons (Fsp3) is 0.222. The molecule has 0 bridgehead atoms. The van der Waals surface area contributed by atoms with Gasteiger partial charge in [-0.05, 0) is 12.1 Å². The fourth-order valence-corrected chi connectivity index (χ4v) is 1.10. The molecule has 2 heterocycles. The Kier molecular flexibility index (Phi) is 1.90. The van der Waals surface area contributed by atoms with Crippen LogP contribution in [-0.2, 0) is 0 Å². The minimum Gasteiger partial charge on any atom is -0.466 e. The highest BCUT2D eigenvalue weighted by Crippen LogP contribution is 2.20. The molecule has 13 heavy (non-hydrogen) atoms. The SMILES string of the molecule is Cc1nc(C(O)c2ccco2)co1. The molecule has 0 aromatic carbocycles. The van der Waals surface area contributed by atoms with Crippen LogP contribution in [0.15, 0.2) is 33.5 Å². The molecule has 68 valence electrons. The van der Waals surface area contributed by atoms with Gasteiger partial charge in [0.15, 0.2) is 12.0 Å². The first-order valence-corrected chi connectivity index (χ1v) is 3.91. The molecule has 0 radical (unpaired) electrons. The van der Waals surface area contributed by atoms with Crippen molar-refractivity contribution in [1.82, 2.24) is 4.98 Å². The molecule has 1 unspecified atom stereocenters. The van der Waals surface area contributed by atoms with Gasteiger partial charge in [0.2, 0.25) is 0 Å². The molecule has 0 saturated heterocycles. The Labute approximate surface area is 74.8 Å². The maximum absolute atomic E-state index is 9.68. The van der Waals surface area contributed by atoms with Crippen molar-refractivity contribution in [2.24, 2.45) is 0 Å². The van der Waals surface area contributed by atoms with Gasteiger partial charge in [-0.15, -0.1) is 0 Å². The molecule has 0 aliphatic carbocycles. The molecule has 0 aliphatic rings. The van der Waals surface area contributed by atoms with Crippen molar-refractivity contribution in [3.05, 3.63) is 42.0 Å². The van der Waals surface area contributed by atoms with Crippen LogP contribution < -0.4 is 0 Å². The van der Waals surface area contributed by atoms with Gasteiger partial charge < -0.3 is 13.9 Å². The first-order valence-electron chi connectivity index (χ1n) is 3.91. The van der Waals surface area contributed by atoms with Crippen LogP contribution in [0.4, 0.5) is 0 Å². The predicted octanol–water partition coefficient (Wildman–Crippen LogP) is 1.66. The lowest BCUT2D eigenvalue weighted by atomic mass is 10.2. The second kappa shape index (κ2) is 3.06. The third-order valence-corrected chi connectivity index (χ3v) is 1.73. The summed E-state index contributed by atoms with van der Waals surface area (Å²) in [5.41, 5.74) is 0.465. The monoisotopic (exact) mass is 179 g/mol. The smallest absolute Gasteiger partial charge is 0.191 e. The minimum absolute atomic E-state index is 0.465. The number of nitrogens with zero attached hydrogens (tertiary/aromatic N) is 1. The van der Waals surface area contributed by atoms with Gasteiger partial charge in [-0.25, -0.2) is 4.98 Å². The quantitative estimate of drug-likeness (QED) is 0.761. The summed E-state index contributed by atoms with van der Waals surface area (Å²) >= 11 is 0. The summed E-state index contributed by atoms with van der Waals surface area (Å²) in [6.07, 6.45) is 2.08. The topological polar surface area (TPSA) is 59.4 Å². The van der Waals surface area contributed by atoms with Gasteiger partial charge >= 0.3 is 0 Å². The Morgan fingerprint density at radius 1 is 1.46 bits per heavy atom. The summed E-state index contributed by atoms with van der Waals surface area (Å²) in [6, 6.07) is 3.40. The third kappa shape index (κ3) is 1.48. The Bertz CT molecular complexity index is 377. The van der Waals surface area contributed by atoms with E-state index in [1.807, 2.05) is 0 Å². The normalized spacial score (nSPS) is 13.1. The average Bonchev–Trinajstić information content (AvgIpc) is 2.72. The van der Waals surface area contributed by atoms with E-state index in [2.05, 4.69) is 4.98 Å². The third-order valence-electron chi connectivity index (χ3n) is 1.73. The number of furan rings is 1. The second-order valence-corrected chi connectivity index (χ2v) is 2.71. The van der Waals surface area contributed by atoms with E-state index in [1.165, 1.54) is 12.5 Å². The van der Waals surface area contributed by atoms with E-state index >= 15 is 0 Å². The maximum atomic E-state index is 9.68. The highest BCUT2D eigenvalue weighted by molar-refractivity contribution is 5.14. The summed E-state index contributed by atoms with van der Waals surface area (Å²) in [6.45, 7) is 1.72. The van der Waals surface area contributed by atoms with E-state index in [4.69, 9.17) is 8.83 Å². The van der Waals surface area contributed by atoms with Gasteiger partial charge in [0.1, 0.15) is 17.7 Å². The summed E-state index contributed by atoms with van der Waals surface area (Å²) in [7, 11) is 0. The molecule has 4 nitrogen and oxygen atoms in total. The van der Waals surface area contributed by atoms with Crippen molar-refractivity contribution in [2.75, 3.05) is 0 Å². The molecule has 0 aliphatic heterocycles. The van der Waals surface area contributed by atoms with Crippen molar-refractivity contribution >= 4 is 0 Å². The van der Waals surface area contributed by atoms with Crippen LogP contribution in [0.3, 0.4) is 0 Å². The van der Waals surface area contributed by atoms with Crippen molar-refractivity contribution < 1.29 is 13.9 Å². The lowest BCUT2D eigenvalue weighted by molar-refractivity contribution is 0.184. The Hall–Kier alpha value is -1.55. The number of aliphatic hydroxyl groups excluding tert-OH is 1. The predicted molar refractivity (Wildman–Crippen MR) is 44.0 cm³/mol. The zero-order valence-corrected chi connectivity index (χ0v) is 7.10. The molecular formula is C9H9NO3. The summed E-state index contributed by atoms with van der Waals surface area (Å²) < 4.78 is 10.00. The van der Waals surface area contributed by atoms with Crippen LogP contribution in [0.25, 0.3) is 0 Å². The highest BCUT2D eigenvalue weighted by Gasteiger charge is 2.16. The average molecular weight is 179 g/mol. The number of aryl methyl sites for hydroxylation is 1. The van der Waals surface area contributed by atoms with Crippen molar-refractivity contribution in [1.29, 1.82) is 0 Å². The van der Waals surface area contributed by atoms with Crippen LogP contribution >= 0.6 is 0 Å². The molecule has 1 atom stereocenters. The van der Waals surface area contributed by atoms with E-state index in [0.29, 0.717) is 17.3 Å². The number of hydrogen-bond acceptors (Lipinski definition) is 4. The molecule has 4 heteroatoms. The van der Waals surface area contributed by atoms with Crippen LogP contribution in [0, 0.1) is 6.92 Å². The van der Waals surface area contributed by atoms with Gasteiger partial charge in [0.05, 0.1) is 6.26 Å². The van der Waals surface area contributed by atoms with Crippen LogP contribution in [-0.4, -0.2) is 10.1 Å². The van der Waals surface area contributed by atoms with E-state index in [-0.39, 0.29) is 0 Å². The molecule has 2 rings (SSSR count). The van der Waals surface area contributed by atoms with Crippen molar-refractivity contribution in [2.45, 2.75) is 13.0 Å². The highest BCUT2D eigenvalue weighted by atomic mass is 16.4. The summed E-state index contributed by atoms with van der Waals surface area (Å²) in [5.74, 6) is 0.994. The largest absolute Gasteiger partial charge is 0.466 e. The summed E-state index contributed by atoms with van der Waals surface area (Å²) in [5, 5.41) is 9.68. The Balaban J connectivity index is 2.28. The number of oxazole rings is 1. The van der Waals surface area contributed by atoms with Crippen LogP contribution in [0.1, 0.15) is 23.4 Å². The lowest BCUT2D eigenvalue weighted by Crippen LogP contribution is -1.97. The zero-order valence-electron chi connectivity index (χ0n) is 7.10. The van der Waals surface area contributed by atoms with Crippen molar-refractivity contribution in [3.63, 3.8) is 0 Å². The molecule has 0 fully saturated rings.